The fourth-order valence-corrected chi connectivity index (χ4v) is 14.2. The van der Waals surface area contributed by atoms with E-state index in [1.807, 2.05) is 0 Å². The first kappa shape index (κ1) is 24.5. The number of carbonyl (C=O) groups excluding carboxylic acids is 1. The SMILES string of the molecule is CC(C)[Si](CC1CC(C2CCCCC2)=C1C(=O)c1ccc2ccccc2c1)(C(C)C)C(C)C. The number of ketones is 1. The van der Waals surface area contributed by atoms with Crippen molar-refractivity contribution in [3.8, 4) is 0 Å². The monoisotopic (exact) mass is 460 g/mol. The molecule has 2 heteroatoms. The minimum absolute atomic E-state index is 0.330. The number of benzene rings is 2. The molecule has 0 radical (unpaired) electrons. The summed E-state index contributed by atoms with van der Waals surface area (Å²) in [5.41, 5.74) is 5.90. The number of fused-ring (bicyclic) bond motifs is 1. The van der Waals surface area contributed by atoms with Crippen LogP contribution in [0, 0.1) is 11.8 Å². The van der Waals surface area contributed by atoms with E-state index in [9.17, 15) is 4.79 Å². The average Bonchev–Trinajstić information content (AvgIpc) is 2.78. The van der Waals surface area contributed by atoms with Crippen LogP contribution in [-0.2, 0) is 0 Å². The van der Waals surface area contributed by atoms with Gasteiger partial charge < -0.3 is 0 Å². The van der Waals surface area contributed by atoms with E-state index in [1.54, 1.807) is 0 Å². The van der Waals surface area contributed by atoms with Gasteiger partial charge in [0.1, 0.15) is 0 Å². The lowest BCUT2D eigenvalue weighted by molar-refractivity contribution is 0.101. The lowest BCUT2D eigenvalue weighted by Crippen LogP contribution is -2.48. The van der Waals surface area contributed by atoms with E-state index in [2.05, 4.69) is 84.0 Å². The van der Waals surface area contributed by atoms with Crippen LogP contribution >= 0.6 is 0 Å². The van der Waals surface area contributed by atoms with Crippen LogP contribution in [0.15, 0.2) is 53.6 Å². The molecule has 1 fully saturated rings. The molecule has 1 saturated carbocycles. The quantitative estimate of drug-likeness (QED) is 0.283. The average molecular weight is 461 g/mol. The van der Waals surface area contributed by atoms with Crippen LogP contribution in [0.2, 0.25) is 22.7 Å². The number of rotatable bonds is 8. The minimum Gasteiger partial charge on any atom is -0.289 e. The predicted octanol–water partition coefficient (Wildman–Crippen LogP) is 9.60. The zero-order valence-electron chi connectivity index (χ0n) is 21.8. The molecule has 0 heterocycles. The molecule has 0 spiro atoms. The predicted molar refractivity (Wildman–Crippen MR) is 146 cm³/mol. The molecule has 2 aromatic rings. The molecule has 0 aliphatic heterocycles. The van der Waals surface area contributed by atoms with Gasteiger partial charge in [-0.05, 0) is 54.0 Å². The Morgan fingerprint density at radius 2 is 1.45 bits per heavy atom. The Hall–Kier alpha value is -1.67. The summed E-state index contributed by atoms with van der Waals surface area (Å²) in [5, 5.41) is 2.39. The van der Waals surface area contributed by atoms with Crippen molar-refractivity contribution >= 4 is 24.6 Å². The molecule has 2 aliphatic rings. The fourth-order valence-electron chi connectivity index (χ4n) is 7.57. The molecule has 2 aliphatic carbocycles. The van der Waals surface area contributed by atoms with Crippen LogP contribution in [0.3, 0.4) is 0 Å². The smallest absolute Gasteiger partial charge is 0.189 e. The summed E-state index contributed by atoms with van der Waals surface area (Å²) >= 11 is 0. The third-order valence-electron chi connectivity index (χ3n) is 9.40. The van der Waals surface area contributed by atoms with Gasteiger partial charge in [0.05, 0.1) is 8.07 Å². The fraction of sp³-hybridized carbons (Fsp3) is 0.581. The summed E-state index contributed by atoms with van der Waals surface area (Å²) in [6, 6.07) is 16.0. The van der Waals surface area contributed by atoms with Crippen molar-refractivity contribution in [2.45, 2.75) is 103 Å². The summed E-state index contributed by atoms with van der Waals surface area (Å²) in [6.07, 6.45) is 7.79. The maximum Gasteiger partial charge on any atom is 0.189 e. The molecule has 4 rings (SSSR count). The van der Waals surface area contributed by atoms with Gasteiger partial charge in [-0.2, -0.15) is 0 Å². The maximum atomic E-state index is 14.1. The second-order valence-electron chi connectivity index (χ2n) is 11.8. The highest BCUT2D eigenvalue weighted by molar-refractivity contribution is 6.83. The van der Waals surface area contributed by atoms with E-state index in [-0.39, 0.29) is 0 Å². The highest BCUT2D eigenvalue weighted by Gasteiger charge is 2.48. The number of carbonyl (C=O) groups is 1. The molecule has 0 saturated heterocycles. The Morgan fingerprint density at radius 1 is 0.848 bits per heavy atom. The second-order valence-corrected chi connectivity index (χ2v) is 17.9. The first-order valence-corrected chi connectivity index (χ1v) is 16.0. The Balaban J connectivity index is 1.72. The molecule has 0 aromatic heterocycles. The molecular formula is C31H44OSi. The van der Waals surface area contributed by atoms with Crippen LogP contribution < -0.4 is 0 Å². The standard InChI is InChI=1S/C31H44OSi/c1-21(2)33(22(3)4,23(5)6)20-28-19-29(25-13-8-7-9-14-25)30(28)31(32)27-17-16-24-12-10-11-15-26(24)18-27/h10-12,15-18,21-23,25,28H,7-9,13-14,19-20H2,1-6H3. The highest BCUT2D eigenvalue weighted by Crippen LogP contribution is 2.54. The van der Waals surface area contributed by atoms with Crippen LogP contribution in [-0.4, -0.2) is 13.9 Å². The van der Waals surface area contributed by atoms with E-state index in [4.69, 9.17) is 0 Å². The van der Waals surface area contributed by atoms with Crippen molar-refractivity contribution in [3.05, 3.63) is 59.2 Å². The largest absolute Gasteiger partial charge is 0.289 e. The Labute approximate surface area is 203 Å². The molecule has 1 nitrogen and oxygen atoms in total. The third-order valence-corrected chi connectivity index (χ3v) is 17.0. The normalized spacial score (nSPS) is 20.2. The Bertz CT molecular complexity index is 1000. The first-order chi connectivity index (χ1) is 15.8. The molecule has 2 aromatic carbocycles. The maximum absolute atomic E-state index is 14.1. The van der Waals surface area contributed by atoms with Crippen LogP contribution in [0.25, 0.3) is 10.8 Å². The van der Waals surface area contributed by atoms with Crippen LogP contribution in [0.4, 0.5) is 0 Å². The second kappa shape index (κ2) is 9.90. The molecule has 0 bridgehead atoms. The van der Waals surface area contributed by atoms with E-state index < -0.39 is 8.07 Å². The highest BCUT2D eigenvalue weighted by atomic mass is 28.3. The van der Waals surface area contributed by atoms with Crippen molar-refractivity contribution in [3.63, 3.8) is 0 Å². The van der Waals surface area contributed by atoms with Gasteiger partial charge in [-0.1, -0.05) is 119 Å². The van der Waals surface area contributed by atoms with Crippen molar-refractivity contribution in [2.75, 3.05) is 0 Å². The molecular weight excluding hydrogens is 416 g/mol. The first-order valence-electron chi connectivity index (χ1n) is 13.5. The topological polar surface area (TPSA) is 17.1 Å². The summed E-state index contributed by atoms with van der Waals surface area (Å²) < 4.78 is 0. The van der Waals surface area contributed by atoms with E-state index in [0.29, 0.717) is 17.6 Å². The van der Waals surface area contributed by atoms with Gasteiger partial charge in [0, 0.05) is 11.1 Å². The van der Waals surface area contributed by atoms with E-state index in [0.717, 1.165) is 22.2 Å². The van der Waals surface area contributed by atoms with Gasteiger partial charge in [-0.25, -0.2) is 0 Å². The lowest BCUT2D eigenvalue weighted by atomic mass is 9.67. The van der Waals surface area contributed by atoms with Gasteiger partial charge in [-0.3, -0.25) is 4.79 Å². The number of allylic oxidation sites excluding steroid dienone is 2. The Kier molecular flexibility index (Phi) is 7.34. The van der Waals surface area contributed by atoms with Gasteiger partial charge in [0.15, 0.2) is 5.78 Å². The van der Waals surface area contributed by atoms with Crippen molar-refractivity contribution < 1.29 is 4.79 Å². The number of hydrogen-bond donors (Lipinski definition) is 0. The van der Waals surface area contributed by atoms with Gasteiger partial charge in [0.25, 0.3) is 0 Å². The summed E-state index contributed by atoms with van der Waals surface area (Å²) in [6.45, 7) is 14.8. The zero-order chi connectivity index (χ0) is 23.8. The number of hydrogen-bond acceptors (Lipinski definition) is 1. The molecule has 0 amide bonds. The minimum atomic E-state index is -1.56. The van der Waals surface area contributed by atoms with Gasteiger partial charge in [0.2, 0.25) is 0 Å². The van der Waals surface area contributed by atoms with E-state index >= 15 is 0 Å². The molecule has 1 atom stereocenters. The molecule has 0 N–H and O–H groups in total. The summed E-state index contributed by atoms with van der Waals surface area (Å²) in [4.78, 5) is 14.1. The van der Waals surface area contributed by atoms with Crippen LogP contribution in [0.5, 0.6) is 0 Å². The third kappa shape index (κ3) is 4.53. The van der Waals surface area contributed by atoms with Crippen molar-refractivity contribution in [2.24, 2.45) is 11.8 Å². The zero-order valence-corrected chi connectivity index (χ0v) is 22.8. The number of Topliss-reactive ketones (excluding diaryl/α,β-unsaturated/α-hetero) is 1. The van der Waals surface area contributed by atoms with Gasteiger partial charge >= 0.3 is 0 Å². The molecule has 178 valence electrons. The van der Waals surface area contributed by atoms with Crippen molar-refractivity contribution in [1.29, 1.82) is 0 Å². The van der Waals surface area contributed by atoms with Crippen molar-refractivity contribution in [1.82, 2.24) is 0 Å². The lowest BCUT2D eigenvalue weighted by Gasteiger charge is -2.49. The van der Waals surface area contributed by atoms with Crippen LogP contribution in [0.1, 0.15) is 90.4 Å². The summed E-state index contributed by atoms with van der Waals surface area (Å²) in [5.74, 6) is 1.46. The molecule has 1 unspecified atom stereocenters. The van der Waals surface area contributed by atoms with E-state index in [1.165, 1.54) is 66.5 Å². The molecule has 33 heavy (non-hydrogen) atoms. The Morgan fingerprint density at radius 3 is 2.06 bits per heavy atom. The van der Waals surface area contributed by atoms with Gasteiger partial charge in [-0.15, -0.1) is 0 Å². The summed E-state index contributed by atoms with van der Waals surface area (Å²) in [7, 11) is -1.56.